The smallest absolute Gasteiger partial charge is 0.310 e. The molecule has 0 amide bonds. The number of nitrogens with one attached hydrogen (secondary N) is 1. The van der Waals surface area contributed by atoms with E-state index >= 15 is 0 Å². The van der Waals surface area contributed by atoms with Gasteiger partial charge in [-0.1, -0.05) is 18.2 Å². The zero-order valence-corrected chi connectivity index (χ0v) is 11.1. The van der Waals surface area contributed by atoms with Crippen molar-refractivity contribution in [2.45, 2.75) is 12.8 Å². The Morgan fingerprint density at radius 1 is 1.37 bits per heavy atom. The van der Waals surface area contributed by atoms with E-state index in [4.69, 9.17) is 9.15 Å². The maximum Gasteiger partial charge on any atom is 0.310 e. The molecule has 2 unspecified atom stereocenters. The number of hydrogen-bond acceptors (Lipinski definition) is 4. The number of methoxy groups -OCH3 is 1. The Morgan fingerprint density at radius 3 is 2.95 bits per heavy atom. The third-order valence-electron chi connectivity index (χ3n) is 3.91. The zero-order chi connectivity index (χ0) is 13.4. The standard InChI is InChI=1S/C15H17NO3/c1-9-14(10-5-3-4-6-13(10)19-9)11-7-16-8-12(11)15(17)18-2/h3-6,11-12,16H,7-8H2,1-2H3. The molecule has 1 N–H and O–H groups in total. The summed E-state index contributed by atoms with van der Waals surface area (Å²) in [5.74, 6) is 0.726. The van der Waals surface area contributed by atoms with Crippen LogP contribution in [0.4, 0.5) is 0 Å². The molecule has 4 heteroatoms. The molecule has 2 atom stereocenters. The number of rotatable bonds is 2. The minimum absolute atomic E-state index is 0.121. The van der Waals surface area contributed by atoms with Crippen molar-refractivity contribution in [3.8, 4) is 0 Å². The molecule has 0 saturated carbocycles. The van der Waals surface area contributed by atoms with E-state index in [2.05, 4.69) is 5.32 Å². The molecule has 4 nitrogen and oxygen atoms in total. The Hall–Kier alpha value is -1.81. The molecular formula is C15H17NO3. The van der Waals surface area contributed by atoms with Gasteiger partial charge in [0.15, 0.2) is 0 Å². The van der Waals surface area contributed by atoms with Crippen molar-refractivity contribution >= 4 is 16.9 Å². The predicted octanol–water partition coefficient (Wildman–Crippen LogP) is 2.22. The number of carbonyl (C=O) groups excluding carboxylic acids is 1. The van der Waals surface area contributed by atoms with Gasteiger partial charge in [-0.3, -0.25) is 4.79 Å². The van der Waals surface area contributed by atoms with Gasteiger partial charge >= 0.3 is 5.97 Å². The van der Waals surface area contributed by atoms with Crippen LogP contribution < -0.4 is 5.32 Å². The molecule has 1 aromatic carbocycles. The van der Waals surface area contributed by atoms with Gasteiger partial charge in [0, 0.05) is 30.0 Å². The first-order valence-electron chi connectivity index (χ1n) is 6.49. The molecule has 19 heavy (non-hydrogen) atoms. The highest BCUT2D eigenvalue weighted by molar-refractivity contribution is 5.84. The topological polar surface area (TPSA) is 51.5 Å². The van der Waals surface area contributed by atoms with Crippen molar-refractivity contribution in [2.75, 3.05) is 20.2 Å². The van der Waals surface area contributed by atoms with Crippen LogP contribution >= 0.6 is 0 Å². The van der Waals surface area contributed by atoms with Gasteiger partial charge < -0.3 is 14.5 Å². The van der Waals surface area contributed by atoms with Gasteiger partial charge in [0.1, 0.15) is 11.3 Å². The second-order valence-corrected chi connectivity index (χ2v) is 4.96. The van der Waals surface area contributed by atoms with Gasteiger partial charge in [-0.05, 0) is 13.0 Å². The van der Waals surface area contributed by atoms with Gasteiger partial charge in [0.05, 0.1) is 13.0 Å². The summed E-state index contributed by atoms with van der Waals surface area (Å²) in [5, 5.41) is 4.37. The second-order valence-electron chi connectivity index (χ2n) is 4.96. The third kappa shape index (κ3) is 1.92. The average molecular weight is 259 g/mol. The summed E-state index contributed by atoms with van der Waals surface area (Å²) in [6.45, 7) is 3.41. The fraction of sp³-hybridized carbons (Fsp3) is 0.400. The number of furan rings is 1. The summed E-state index contributed by atoms with van der Waals surface area (Å²) in [4.78, 5) is 11.9. The monoisotopic (exact) mass is 259 g/mol. The summed E-state index contributed by atoms with van der Waals surface area (Å²) in [6.07, 6.45) is 0. The maximum absolute atomic E-state index is 11.9. The van der Waals surface area contributed by atoms with Crippen LogP contribution in [0.1, 0.15) is 17.2 Å². The van der Waals surface area contributed by atoms with Crippen molar-refractivity contribution in [2.24, 2.45) is 5.92 Å². The molecule has 1 aromatic heterocycles. The van der Waals surface area contributed by atoms with E-state index < -0.39 is 0 Å². The van der Waals surface area contributed by atoms with Gasteiger partial charge in [-0.15, -0.1) is 0 Å². The fourth-order valence-corrected chi connectivity index (χ4v) is 3.03. The van der Waals surface area contributed by atoms with Crippen LogP contribution in [0, 0.1) is 12.8 Å². The van der Waals surface area contributed by atoms with Crippen LogP contribution in [0.5, 0.6) is 0 Å². The van der Waals surface area contributed by atoms with Crippen molar-refractivity contribution in [3.05, 3.63) is 35.6 Å². The number of carbonyl (C=O) groups is 1. The number of para-hydroxylation sites is 1. The predicted molar refractivity (Wildman–Crippen MR) is 72.1 cm³/mol. The quantitative estimate of drug-likeness (QED) is 0.840. The van der Waals surface area contributed by atoms with Gasteiger partial charge in [-0.2, -0.15) is 0 Å². The molecule has 1 saturated heterocycles. The number of fused-ring (bicyclic) bond motifs is 1. The summed E-state index contributed by atoms with van der Waals surface area (Å²) >= 11 is 0. The number of ether oxygens (including phenoxy) is 1. The molecule has 3 rings (SSSR count). The lowest BCUT2D eigenvalue weighted by Gasteiger charge is -2.16. The number of benzene rings is 1. The SMILES string of the molecule is COC(=O)C1CNCC1c1c(C)oc2ccccc12. The van der Waals surface area contributed by atoms with E-state index in [-0.39, 0.29) is 17.8 Å². The molecule has 0 bridgehead atoms. The van der Waals surface area contributed by atoms with Crippen LogP contribution in [0.2, 0.25) is 0 Å². The molecule has 2 aromatic rings. The second kappa shape index (κ2) is 4.70. The Balaban J connectivity index is 2.08. The number of esters is 1. The van der Waals surface area contributed by atoms with E-state index in [0.717, 1.165) is 28.8 Å². The normalized spacial score (nSPS) is 22.8. The lowest BCUT2D eigenvalue weighted by atomic mass is 9.87. The molecule has 100 valence electrons. The van der Waals surface area contributed by atoms with Crippen molar-refractivity contribution in [1.29, 1.82) is 0 Å². The Labute approximate surface area is 111 Å². The highest BCUT2D eigenvalue weighted by atomic mass is 16.5. The van der Waals surface area contributed by atoms with Gasteiger partial charge in [-0.25, -0.2) is 0 Å². The van der Waals surface area contributed by atoms with Crippen molar-refractivity contribution in [3.63, 3.8) is 0 Å². The van der Waals surface area contributed by atoms with Crippen LogP contribution in [0.25, 0.3) is 11.0 Å². The number of aryl methyl sites for hydroxylation is 1. The number of hydrogen-bond donors (Lipinski definition) is 1. The molecular weight excluding hydrogens is 242 g/mol. The first-order valence-corrected chi connectivity index (χ1v) is 6.49. The molecule has 1 aliphatic rings. The molecule has 0 radical (unpaired) electrons. The van der Waals surface area contributed by atoms with Gasteiger partial charge in [0.2, 0.25) is 0 Å². The highest BCUT2D eigenvalue weighted by Gasteiger charge is 2.37. The van der Waals surface area contributed by atoms with Gasteiger partial charge in [0.25, 0.3) is 0 Å². The molecule has 1 aliphatic heterocycles. The Bertz CT molecular complexity index is 617. The molecule has 0 aliphatic carbocycles. The largest absolute Gasteiger partial charge is 0.469 e. The van der Waals surface area contributed by atoms with Crippen molar-refractivity contribution < 1.29 is 13.9 Å². The molecule has 0 spiro atoms. The minimum Gasteiger partial charge on any atom is -0.469 e. The Morgan fingerprint density at radius 2 is 2.16 bits per heavy atom. The fourth-order valence-electron chi connectivity index (χ4n) is 3.03. The van der Waals surface area contributed by atoms with E-state index in [1.807, 2.05) is 31.2 Å². The molecule has 1 fully saturated rings. The third-order valence-corrected chi connectivity index (χ3v) is 3.91. The van der Waals surface area contributed by atoms with Crippen LogP contribution in [0.15, 0.2) is 28.7 Å². The van der Waals surface area contributed by atoms with Crippen LogP contribution in [0.3, 0.4) is 0 Å². The average Bonchev–Trinajstić information content (AvgIpc) is 3.00. The van der Waals surface area contributed by atoms with Crippen LogP contribution in [-0.4, -0.2) is 26.2 Å². The van der Waals surface area contributed by atoms with E-state index in [1.165, 1.54) is 7.11 Å². The summed E-state index contributed by atoms with van der Waals surface area (Å²) in [7, 11) is 1.44. The van der Waals surface area contributed by atoms with E-state index in [9.17, 15) is 4.79 Å². The van der Waals surface area contributed by atoms with E-state index in [1.54, 1.807) is 0 Å². The first kappa shape index (κ1) is 12.2. The summed E-state index contributed by atoms with van der Waals surface area (Å²) < 4.78 is 10.7. The van der Waals surface area contributed by atoms with E-state index in [0.29, 0.717) is 6.54 Å². The molecule has 2 heterocycles. The van der Waals surface area contributed by atoms with Crippen LogP contribution in [-0.2, 0) is 9.53 Å². The zero-order valence-electron chi connectivity index (χ0n) is 11.1. The van der Waals surface area contributed by atoms with Crippen molar-refractivity contribution in [1.82, 2.24) is 5.32 Å². The highest BCUT2D eigenvalue weighted by Crippen LogP contribution is 2.37. The first-order chi connectivity index (χ1) is 9.22. The maximum atomic E-state index is 11.9. The summed E-state index contributed by atoms with van der Waals surface area (Å²) in [5.41, 5.74) is 2.02. The lowest BCUT2D eigenvalue weighted by molar-refractivity contribution is -0.145. The summed E-state index contributed by atoms with van der Waals surface area (Å²) in [6, 6.07) is 7.96. The lowest BCUT2D eigenvalue weighted by Crippen LogP contribution is -2.23. The Kier molecular flexibility index (Phi) is 3.03. The minimum atomic E-state index is -0.153.